The van der Waals surface area contributed by atoms with Crippen LogP contribution < -0.4 is 19.7 Å². The highest BCUT2D eigenvalue weighted by Gasteiger charge is 2.63. The third kappa shape index (κ3) is 4.88. The summed E-state index contributed by atoms with van der Waals surface area (Å²) in [6, 6.07) is 2.34. The Morgan fingerprint density at radius 2 is 1.91 bits per heavy atom. The van der Waals surface area contributed by atoms with E-state index in [-0.39, 0.29) is 11.4 Å². The molecule has 1 aliphatic rings. The number of hydrogen-bond acceptors (Lipinski definition) is 7. The van der Waals surface area contributed by atoms with Gasteiger partial charge in [-0.15, -0.1) is 0 Å². The number of sulfonamides is 1. The van der Waals surface area contributed by atoms with Crippen molar-refractivity contribution in [2.24, 2.45) is 0 Å². The lowest BCUT2D eigenvalue weighted by atomic mass is 9.99. The van der Waals surface area contributed by atoms with Crippen LogP contribution in [0.4, 0.5) is 33.3 Å². The molecular weight excluding hydrogens is 503 g/mol. The second kappa shape index (κ2) is 9.54. The number of carbonyl (C=O) groups excluding carboxylic acids is 1. The van der Waals surface area contributed by atoms with Crippen LogP contribution >= 0.6 is 0 Å². The van der Waals surface area contributed by atoms with Gasteiger partial charge in [0.15, 0.2) is 22.2 Å². The Labute approximate surface area is 197 Å². The third-order valence-corrected chi connectivity index (χ3v) is 6.94. The normalized spacial score (nSPS) is 20.7. The molecule has 35 heavy (non-hydrogen) atoms. The number of halogens is 5. The molecule has 0 bridgehead atoms. The van der Waals surface area contributed by atoms with Crippen molar-refractivity contribution in [1.82, 2.24) is 9.71 Å². The molecule has 2 aromatic rings. The molecule has 2 N–H and O–H groups in total. The standard InChI is InChI=1S/C20H21F5N4O5S/c1-26-35(31,32)15-8-11(6-7-27-15)28-18(30)14-9-19(34-3,20(23,24)25)10-29(14)13-5-4-12(21)16(22)17(13)33-2/h4-8,14,26H,9-10H2,1-3H3,(H,27,28,30)/t14-,19+/m1/s1. The van der Waals surface area contributed by atoms with Crippen LogP contribution in [0.25, 0.3) is 0 Å². The minimum atomic E-state index is -4.93. The van der Waals surface area contributed by atoms with Crippen LogP contribution in [0, 0.1) is 11.6 Å². The fraction of sp³-hybridized carbons (Fsp3) is 0.400. The first-order chi connectivity index (χ1) is 16.3. The van der Waals surface area contributed by atoms with E-state index in [0.29, 0.717) is 6.07 Å². The number of anilines is 2. The molecule has 1 fully saturated rings. The molecule has 15 heteroatoms. The Morgan fingerprint density at radius 3 is 2.49 bits per heavy atom. The zero-order chi connectivity index (χ0) is 26.2. The molecule has 1 aromatic carbocycles. The zero-order valence-corrected chi connectivity index (χ0v) is 19.4. The lowest BCUT2D eigenvalue weighted by molar-refractivity contribution is -0.261. The first-order valence-electron chi connectivity index (χ1n) is 9.91. The second-order valence-electron chi connectivity index (χ2n) is 7.54. The van der Waals surface area contributed by atoms with Gasteiger partial charge < -0.3 is 19.7 Å². The van der Waals surface area contributed by atoms with Crippen LogP contribution in [-0.4, -0.2) is 64.9 Å². The van der Waals surface area contributed by atoms with Gasteiger partial charge in [0.1, 0.15) is 6.04 Å². The summed E-state index contributed by atoms with van der Waals surface area (Å²) in [7, 11) is -1.00. The summed E-state index contributed by atoms with van der Waals surface area (Å²) in [6.45, 7) is -0.928. The van der Waals surface area contributed by atoms with Crippen LogP contribution in [0.15, 0.2) is 35.5 Å². The first-order valence-corrected chi connectivity index (χ1v) is 11.4. The minimum Gasteiger partial charge on any atom is -0.491 e. The number of nitrogens with one attached hydrogen (secondary N) is 2. The Kier molecular flexibility index (Phi) is 7.24. The van der Waals surface area contributed by atoms with Crippen molar-refractivity contribution in [1.29, 1.82) is 0 Å². The molecule has 1 amide bonds. The van der Waals surface area contributed by atoms with E-state index < -0.39 is 69.1 Å². The van der Waals surface area contributed by atoms with Gasteiger partial charge in [-0.3, -0.25) is 4.79 Å². The Bertz CT molecular complexity index is 1230. The van der Waals surface area contributed by atoms with E-state index in [0.717, 1.165) is 44.5 Å². The zero-order valence-electron chi connectivity index (χ0n) is 18.6. The van der Waals surface area contributed by atoms with Crippen molar-refractivity contribution in [3.63, 3.8) is 0 Å². The van der Waals surface area contributed by atoms with E-state index in [2.05, 4.69) is 10.3 Å². The predicted molar refractivity (Wildman–Crippen MR) is 114 cm³/mol. The molecule has 1 aliphatic heterocycles. The van der Waals surface area contributed by atoms with Gasteiger partial charge in [0.25, 0.3) is 10.0 Å². The van der Waals surface area contributed by atoms with E-state index in [1.807, 2.05) is 4.72 Å². The summed E-state index contributed by atoms with van der Waals surface area (Å²) in [5.74, 6) is -4.42. The van der Waals surface area contributed by atoms with Crippen LogP contribution in [-0.2, 0) is 19.6 Å². The molecule has 0 aliphatic carbocycles. The number of amides is 1. The number of pyridine rings is 1. The number of alkyl halides is 3. The molecular formula is C20H21F5N4O5S. The molecule has 1 aromatic heterocycles. The highest BCUT2D eigenvalue weighted by molar-refractivity contribution is 7.89. The quantitative estimate of drug-likeness (QED) is 0.536. The Hall–Kier alpha value is -3.04. The molecule has 0 radical (unpaired) electrons. The molecule has 2 atom stereocenters. The van der Waals surface area contributed by atoms with Crippen molar-refractivity contribution in [2.45, 2.75) is 29.3 Å². The smallest absolute Gasteiger partial charge is 0.419 e. The molecule has 0 saturated carbocycles. The highest BCUT2D eigenvalue weighted by atomic mass is 32.2. The van der Waals surface area contributed by atoms with Crippen LogP contribution in [0.1, 0.15) is 6.42 Å². The van der Waals surface area contributed by atoms with E-state index in [1.54, 1.807) is 0 Å². The number of rotatable bonds is 7. The predicted octanol–water partition coefficient (Wildman–Crippen LogP) is 2.44. The lowest BCUT2D eigenvalue weighted by Gasteiger charge is -2.31. The topological polar surface area (TPSA) is 110 Å². The summed E-state index contributed by atoms with van der Waals surface area (Å²) >= 11 is 0. The summed E-state index contributed by atoms with van der Waals surface area (Å²) in [6.07, 6.45) is -4.74. The van der Waals surface area contributed by atoms with E-state index in [1.165, 1.54) is 6.07 Å². The van der Waals surface area contributed by atoms with Gasteiger partial charge >= 0.3 is 6.18 Å². The highest BCUT2D eigenvalue weighted by Crippen LogP contribution is 2.47. The number of ether oxygens (including phenoxy) is 2. The molecule has 0 unspecified atom stereocenters. The SMILES string of the molecule is CNS(=O)(=O)c1cc(NC(=O)[C@H]2C[C@@](OC)(C(F)(F)F)CN2c2ccc(F)c(F)c2OC)ccn1. The molecule has 2 heterocycles. The maximum Gasteiger partial charge on any atom is 0.419 e. The number of nitrogens with zero attached hydrogens (tertiary/aromatic N) is 2. The maximum absolute atomic E-state index is 14.3. The average Bonchev–Trinajstić information content (AvgIpc) is 3.22. The minimum absolute atomic E-state index is 0.0713. The van der Waals surface area contributed by atoms with Gasteiger partial charge in [-0.2, -0.15) is 17.6 Å². The number of methoxy groups -OCH3 is 2. The van der Waals surface area contributed by atoms with Gasteiger partial charge in [0.05, 0.1) is 19.3 Å². The monoisotopic (exact) mass is 524 g/mol. The van der Waals surface area contributed by atoms with Gasteiger partial charge in [0.2, 0.25) is 11.7 Å². The molecule has 192 valence electrons. The van der Waals surface area contributed by atoms with E-state index >= 15 is 0 Å². The average molecular weight is 524 g/mol. The third-order valence-electron chi connectivity index (χ3n) is 5.62. The van der Waals surface area contributed by atoms with Crippen LogP contribution in [0.3, 0.4) is 0 Å². The van der Waals surface area contributed by atoms with Gasteiger partial charge in [-0.1, -0.05) is 0 Å². The Morgan fingerprint density at radius 1 is 1.23 bits per heavy atom. The fourth-order valence-electron chi connectivity index (χ4n) is 3.74. The lowest BCUT2D eigenvalue weighted by Crippen LogP contribution is -2.49. The first kappa shape index (κ1) is 26.6. The molecule has 9 nitrogen and oxygen atoms in total. The van der Waals surface area contributed by atoms with Crippen molar-refractivity contribution >= 4 is 27.3 Å². The van der Waals surface area contributed by atoms with E-state index in [9.17, 15) is 35.2 Å². The Balaban J connectivity index is 2.05. The summed E-state index contributed by atoms with van der Waals surface area (Å²) in [5, 5.41) is 1.91. The van der Waals surface area contributed by atoms with Crippen LogP contribution in [0.2, 0.25) is 0 Å². The maximum atomic E-state index is 14.3. The number of carbonyl (C=O) groups is 1. The number of benzene rings is 1. The van der Waals surface area contributed by atoms with Crippen molar-refractivity contribution in [3.8, 4) is 5.75 Å². The molecule has 0 spiro atoms. The fourth-order valence-corrected chi connectivity index (χ4v) is 4.43. The summed E-state index contributed by atoms with van der Waals surface area (Å²) in [4.78, 5) is 17.7. The molecule has 3 rings (SSSR count). The van der Waals surface area contributed by atoms with Gasteiger partial charge in [0, 0.05) is 31.5 Å². The summed E-state index contributed by atoms with van der Waals surface area (Å²) in [5.41, 5.74) is -3.19. The summed E-state index contributed by atoms with van der Waals surface area (Å²) < 4.78 is 106. The molecule has 1 saturated heterocycles. The van der Waals surface area contributed by atoms with E-state index in [4.69, 9.17) is 9.47 Å². The van der Waals surface area contributed by atoms with Crippen molar-refractivity contribution in [2.75, 3.05) is 38.0 Å². The largest absolute Gasteiger partial charge is 0.491 e. The van der Waals surface area contributed by atoms with Crippen molar-refractivity contribution < 1.29 is 44.6 Å². The number of hydrogen-bond donors (Lipinski definition) is 2. The van der Waals surface area contributed by atoms with Gasteiger partial charge in [-0.25, -0.2) is 22.5 Å². The van der Waals surface area contributed by atoms with Crippen LogP contribution in [0.5, 0.6) is 5.75 Å². The van der Waals surface area contributed by atoms with Crippen molar-refractivity contribution in [3.05, 3.63) is 42.1 Å². The van der Waals surface area contributed by atoms with Gasteiger partial charge in [-0.05, 0) is 25.2 Å². The number of aromatic nitrogens is 1. The second-order valence-corrected chi connectivity index (χ2v) is 9.37.